The van der Waals surface area contributed by atoms with Crippen molar-refractivity contribution in [2.24, 2.45) is 17.3 Å². The molecule has 0 spiro atoms. The zero-order valence-electron chi connectivity index (χ0n) is 34.3. The number of pyridine rings is 2. The fraction of sp³-hybridized carbons (Fsp3) is 0.444. The number of amides is 2. The second-order valence-electron chi connectivity index (χ2n) is 17.0. The molecule has 1 aliphatic carbocycles. The Morgan fingerprint density at radius 3 is 2.73 bits per heavy atom. The molecule has 7 heterocycles. The standard InChI is InChI=1S/C45H49N7O5S3/c1-5-51-36-15-13-27-20-30(36)32(38(51)29-10-7-17-47-39(29)45(56-4)25-60-45)22-44(2,3)24-57-43(55)34-11-8-18-52(50-34)42(54)31(21-37-48-35(27)23-59-37)41(58)49-40(53)28-12-14-33-26(19-28)9-6-16-46-33/h6-7,9-10,13,15-17,20,23,28,31,34,50H,5,8,11-12,14,18-19,21-22,24-25H2,1-4H3,(H,49,53,58)/t28?,31-,34+,45?/m1/s1. The molecule has 9 rings (SSSR count). The molecule has 15 heteroatoms. The number of cyclic esters (lactones) is 1. The number of nitrogens with one attached hydrogen (secondary N) is 2. The van der Waals surface area contributed by atoms with Crippen molar-refractivity contribution >= 4 is 69.0 Å². The van der Waals surface area contributed by atoms with Gasteiger partial charge in [-0.05, 0) is 86.9 Å². The summed E-state index contributed by atoms with van der Waals surface area (Å²) >= 11 is 9.13. The van der Waals surface area contributed by atoms with E-state index in [-0.39, 0.29) is 35.7 Å². The lowest BCUT2D eigenvalue weighted by Gasteiger charge is -2.35. The number of thiazole rings is 1. The maximum Gasteiger partial charge on any atom is 0.324 e. The Labute approximate surface area is 363 Å². The van der Waals surface area contributed by atoms with Gasteiger partial charge >= 0.3 is 5.97 Å². The molecule has 60 heavy (non-hydrogen) atoms. The summed E-state index contributed by atoms with van der Waals surface area (Å²) in [6, 6.07) is 13.8. The van der Waals surface area contributed by atoms with Gasteiger partial charge in [0.1, 0.15) is 6.04 Å². The normalized spacial score (nSPS) is 24.0. The smallest absolute Gasteiger partial charge is 0.324 e. The first-order chi connectivity index (χ1) is 29.0. The van der Waals surface area contributed by atoms with Crippen LogP contribution in [0.5, 0.6) is 0 Å². The van der Waals surface area contributed by atoms with Crippen molar-refractivity contribution in [1.29, 1.82) is 0 Å². The molecule has 12 nitrogen and oxygen atoms in total. The van der Waals surface area contributed by atoms with Gasteiger partial charge in [-0.25, -0.2) is 10.4 Å². The minimum absolute atomic E-state index is 0.149. The molecule has 3 aliphatic heterocycles. The fourth-order valence-corrected chi connectivity index (χ4v) is 11.0. The number of fused-ring (bicyclic) bond motifs is 7. The van der Waals surface area contributed by atoms with Crippen LogP contribution in [-0.4, -0.2) is 79.4 Å². The second-order valence-corrected chi connectivity index (χ2v) is 19.6. The number of esters is 1. The summed E-state index contributed by atoms with van der Waals surface area (Å²) < 4.78 is 14.5. The Bertz CT molecular complexity index is 2510. The van der Waals surface area contributed by atoms with E-state index in [1.807, 2.05) is 29.8 Å². The van der Waals surface area contributed by atoms with Gasteiger partial charge in [0.25, 0.3) is 0 Å². The van der Waals surface area contributed by atoms with Gasteiger partial charge in [-0.15, -0.1) is 23.1 Å². The number of aryl methyl sites for hydroxylation is 2. The molecular formula is C45H49N7O5S3. The van der Waals surface area contributed by atoms with Crippen molar-refractivity contribution in [3.63, 3.8) is 0 Å². The number of aromatic nitrogens is 4. The zero-order chi connectivity index (χ0) is 41.8. The van der Waals surface area contributed by atoms with Gasteiger partial charge in [0.2, 0.25) is 11.8 Å². The minimum atomic E-state index is -0.899. The molecule has 4 aliphatic rings. The van der Waals surface area contributed by atoms with Crippen molar-refractivity contribution in [1.82, 2.24) is 35.3 Å². The summed E-state index contributed by atoms with van der Waals surface area (Å²) in [5.41, 5.74) is 11.8. The number of hydrazine groups is 1. The van der Waals surface area contributed by atoms with Crippen LogP contribution in [0.4, 0.5) is 0 Å². The van der Waals surface area contributed by atoms with Crippen LogP contribution in [0.15, 0.2) is 60.2 Å². The summed E-state index contributed by atoms with van der Waals surface area (Å²) in [6.45, 7) is 7.69. The van der Waals surface area contributed by atoms with Crippen LogP contribution in [0.2, 0.25) is 0 Å². The van der Waals surface area contributed by atoms with E-state index in [0.29, 0.717) is 50.1 Å². The molecule has 0 radical (unpaired) electrons. The quantitative estimate of drug-likeness (QED) is 0.106. The van der Waals surface area contributed by atoms with Crippen molar-refractivity contribution in [2.75, 3.05) is 26.0 Å². The number of nitrogens with zero attached hydrogens (tertiary/aromatic N) is 5. The molecule has 0 saturated carbocycles. The Kier molecular flexibility index (Phi) is 11.2. The molecule has 2 saturated heterocycles. The number of thioether (sulfide) groups is 1. The van der Waals surface area contributed by atoms with Crippen LogP contribution in [0.3, 0.4) is 0 Å². The molecule has 2 fully saturated rings. The minimum Gasteiger partial charge on any atom is -0.464 e. The van der Waals surface area contributed by atoms with E-state index in [1.54, 1.807) is 25.1 Å². The van der Waals surface area contributed by atoms with Gasteiger partial charge < -0.3 is 19.4 Å². The van der Waals surface area contributed by atoms with Crippen molar-refractivity contribution < 1.29 is 23.9 Å². The number of carbonyl (C=O) groups excluding carboxylic acids is 3. The predicted molar refractivity (Wildman–Crippen MR) is 237 cm³/mol. The number of hydrogen-bond donors (Lipinski definition) is 2. The van der Waals surface area contributed by atoms with Gasteiger partial charge in [-0.3, -0.25) is 29.4 Å². The van der Waals surface area contributed by atoms with E-state index >= 15 is 0 Å². The first kappa shape index (κ1) is 40.8. The van der Waals surface area contributed by atoms with Crippen LogP contribution in [-0.2, 0) is 61.0 Å². The molecule has 312 valence electrons. The average molecular weight is 864 g/mol. The molecule has 2 unspecified atom stereocenters. The number of carbonyl (C=O) groups is 3. The topological polar surface area (TPSA) is 141 Å². The molecule has 4 atom stereocenters. The second kappa shape index (κ2) is 16.4. The fourth-order valence-electron chi connectivity index (χ4n) is 9.01. The Balaban J connectivity index is 1.10. The van der Waals surface area contributed by atoms with Crippen LogP contribution >= 0.6 is 35.3 Å². The predicted octanol–water partition coefficient (Wildman–Crippen LogP) is 6.82. The van der Waals surface area contributed by atoms with Gasteiger partial charge in [0.05, 0.1) is 39.6 Å². The highest BCUT2D eigenvalue weighted by atomic mass is 32.2. The highest BCUT2D eigenvalue weighted by molar-refractivity contribution is 8.07. The summed E-state index contributed by atoms with van der Waals surface area (Å²) in [6.07, 6.45) is 7.44. The number of thiocarbonyl (C=S) groups is 1. The molecule has 2 amide bonds. The third-order valence-electron chi connectivity index (χ3n) is 12.3. The Morgan fingerprint density at radius 2 is 1.93 bits per heavy atom. The molecule has 4 aromatic heterocycles. The van der Waals surface area contributed by atoms with E-state index in [4.69, 9.17) is 31.7 Å². The van der Waals surface area contributed by atoms with Gasteiger partial charge in [0.15, 0.2) is 4.93 Å². The number of rotatable bonds is 6. The molecule has 2 N–H and O–H groups in total. The van der Waals surface area contributed by atoms with Gasteiger partial charge in [0, 0.05) is 89.2 Å². The summed E-state index contributed by atoms with van der Waals surface area (Å²) in [5.74, 6) is -1.29. The van der Waals surface area contributed by atoms with E-state index in [1.165, 1.54) is 16.3 Å². The first-order valence-corrected chi connectivity index (χ1v) is 23.0. The van der Waals surface area contributed by atoms with Crippen molar-refractivity contribution in [2.45, 2.75) is 83.2 Å². The number of methoxy groups -OCH3 is 1. The van der Waals surface area contributed by atoms with E-state index in [2.05, 4.69) is 65.3 Å². The number of benzene rings is 1. The van der Waals surface area contributed by atoms with Crippen LogP contribution in [0.25, 0.3) is 33.4 Å². The molecular weight excluding hydrogens is 815 g/mol. The van der Waals surface area contributed by atoms with E-state index in [0.717, 1.165) is 68.2 Å². The van der Waals surface area contributed by atoms with E-state index in [9.17, 15) is 14.4 Å². The van der Waals surface area contributed by atoms with Gasteiger partial charge in [-0.1, -0.05) is 38.2 Å². The lowest BCUT2D eigenvalue weighted by atomic mass is 9.84. The molecule has 1 aromatic carbocycles. The maximum atomic E-state index is 14.5. The zero-order valence-corrected chi connectivity index (χ0v) is 36.7. The van der Waals surface area contributed by atoms with Gasteiger partial charge in [-0.2, -0.15) is 0 Å². The van der Waals surface area contributed by atoms with Crippen LogP contribution in [0, 0.1) is 17.3 Å². The largest absolute Gasteiger partial charge is 0.464 e. The summed E-state index contributed by atoms with van der Waals surface area (Å²) in [4.78, 5) is 56.2. The SMILES string of the molecule is CCn1c(-c2cccnc2C2(OC)CS2)c2c3cc(ccc31)-c1csc(n1)C[C@H](C(=S)NC(=O)C1CCc3ncccc3C1)C(=O)N1CCC[C@H](N1)C(=O)OCC(C)(C)C2. The monoisotopic (exact) mass is 863 g/mol. The molecule has 6 bridgehead atoms. The van der Waals surface area contributed by atoms with E-state index < -0.39 is 28.3 Å². The number of hydrogen-bond acceptors (Lipinski definition) is 12. The number of ether oxygens (including phenoxy) is 2. The first-order valence-electron chi connectivity index (χ1n) is 20.7. The third-order valence-corrected chi connectivity index (χ3v) is 14.7. The Morgan fingerprint density at radius 1 is 1.12 bits per heavy atom. The lowest BCUT2D eigenvalue weighted by molar-refractivity contribution is -0.155. The maximum absolute atomic E-state index is 14.5. The van der Waals surface area contributed by atoms with Crippen LogP contribution in [0.1, 0.15) is 67.6 Å². The molecule has 5 aromatic rings. The summed E-state index contributed by atoms with van der Waals surface area (Å²) in [5, 5.41) is 8.28. The summed E-state index contributed by atoms with van der Waals surface area (Å²) in [7, 11) is 1.75. The Hall–Kier alpha value is -4.54. The highest BCUT2D eigenvalue weighted by Crippen LogP contribution is 2.56. The van der Waals surface area contributed by atoms with Crippen LogP contribution < -0.4 is 10.7 Å². The third kappa shape index (κ3) is 7.79. The lowest BCUT2D eigenvalue weighted by Crippen LogP contribution is -2.58. The highest BCUT2D eigenvalue weighted by Gasteiger charge is 2.50. The average Bonchev–Trinajstić information content (AvgIpc) is 3.83. The van der Waals surface area contributed by atoms with Crippen molar-refractivity contribution in [3.8, 4) is 22.5 Å². The van der Waals surface area contributed by atoms with Crippen molar-refractivity contribution in [3.05, 3.63) is 87.8 Å².